The van der Waals surface area contributed by atoms with Crippen molar-refractivity contribution in [2.75, 3.05) is 0 Å². The van der Waals surface area contributed by atoms with Crippen molar-refractivity contribution in [1.29, 1.82) is 0 Å². The third kappa shape index (κ3) is 2.48. The van der Waals surface area contributed by atoms with Crippen LogP contribution in [0.1, 0.15) is 29.3 Å². The summed E-state index contributed by atoms with van der Waals surface area (Å²) in [6.07, 6.45) is 3.64. The number of rotatable bonds is 4. The fraction of sp³-hybridized carbons (Fsp3) is 0.455. The summed E-state index contributed by atoms with van der Waals surface area (Å²) in [5.41, 5.74) is 1.80. The molecule has 1 atom stereocenters. The molecule has 16 heavy (non-hydrogen) atoms. The lowest BCUT2D eigenvalue weighted by Gasteiger charge is -2.05. The number of hydrogen-bond acceptors (Lipinski definition) is 4. The summed E-state index contributed by atoms with van der Waals surface area (Å²) in [4.78, 5) is 4.33. The Hall–Kier alpha value is -1.20. The van der Waals surface area contributed by atoms with Gasteiger partial charge in [0.05, 0.1) is 23.0 Å². The quantitative estimate of drug-likeness (QED) is 0.884. The van der Waals surface area contributed by atoms with Gasteiger partial charge in [-0.05, 0) is 13.8 Å². The van der Waals surface area contributed by atoms with Gasteiger partial charge in [-0.2, -0.15) is 5.10 Å². The van der Waals surface area contributed by atoms with Crippen LogP contribution >= 0.6 is 11.3 Å². The van der Waals surface area contributed by atoms with Crippen molar-refractivity contribution in [3.63, 3.8) is 0 Å². The maximum absolute atomic E-state index is 10.0. The maximum Gasteiger partial charge on any atom is 0.0897 e. The van der Waals surface area contributed by atoms with E-state index in [0.29, 0.717) is 6.42 Å². The van der Waals surface area contributed by atoms with Gasteiger partial charge in [-0.3, -0.25) is 4.68 Å². The van der Waals surface area contributed by atoms with E-state index < -0.39 is 6.10 Å². The molecule has 2 heterocycles. The molecule has 0 saturated carbocycles. The zero-order chi connectivity index (χ0) is 11.5. The van der Waals surface area contributed by atoms with Crippen molar-refractivity contribution in [2.45, 2.75) is 32.9 Å². The molecule has 1 N–H and O–H groups in total. The Balaban J connectivity index is 2.05. The highest BCUT2D eigenvalue weighted by molar-refractivity contribution is 7.09. The molecule has 0 bridgehead atoms. The van der Waals surface area contributed by atoms with Crippen molar-refractivity contribution in [3.05, 3.63) is 34.0 Å². The zero-order valence-electron chi connectivity index (χ0n) is 9.42. The molecule has 86 valence electrons. The van der Waals surface area contributed by atoms with Gasteiger partial charge in [-0.25, -0.2) is 4.98 Å². The van der Waals surface area contributed by atoms with Gasteiger partial charge in [0.1, 0.15) is 0 Å². The van der Waals surface area contributed by atoms with E-state index in [1.165, 1.54) is 0 Å². The van der Waals surface area contributed by atoms with Crippen LogP contribution in [-0.4, -0.2) is 19.9 Å². The van der Waals surface area contributed by atoms with E-state index in [1.807, 2.05) is 30.1 Å². The smallest absolute Gasteiger partial charge is 0.0897 e. The Labute approximate surface area is 98.6 Å². The SMILES string of the molecule is CCn1cc(C(O)Cc2csc(C)n2)cn1. The van der Waals surface area contributed by atoms with Gasteiger partial charge in [-0.15, -0.1) is 11.3 Å². The van der Waals surface area contributed by atoms with Crippen molar-refractivity contribution in [2.24, 2.45) is 0 Å². The molecule has 0 aliphatic heterocycles. The summed E-state index contributed by atoms with van der Waals surface area (Å²) >= 11 is 1.61. The average molecular weight is 237 g/mol. The lowest BCUT2D eigenvalue weighted by molar-refractivity contribution is 0.177. The highest BCUT2D eigenvalue weighted by atomic mass is 32.1. The number of aliphatic hydroxyl groups excluding tert-OH is 1. The minimum atomic E-state index is -0.512. The lowest BCUT2D eigenvalue weighted by atomic mass is 10.1. The Kier molecular flexibility index (Phi) is 3.36. The van der Waals surface area contributed by atoms with Crippen LogP contribution in [0.4, 0.5) is 0 Å². The van der Waals surface area contributed by atoms with Crippen LogP contribution in [0.25, 0.3) is 0 Å². The molecule has 0 fully saturated rings. The minimum absolute atomic E-state index is 0.512. The van der Waals surface area contributed by atoms with Crippen LogP contribution in [0.5, 0.6) is 0 Å². The number of thiazole rings is 1. The van der Waals surface area contributed by atoms with E-state index in [1.54, 1.807) is 17.5 Å². The van der Waals surface area contributed by atoms with E-state index in [9.17, 15) is 5.11 Å². The van der Waals surface area contributed by atoms with Crippen LogP contribution in [0, 0.1) is 6.92 Å². The van der Waals surface area contributed by atoms with Crippen molar-refractivity contribution in [3.8, 4) is 0 Å². The van der Waals surface area contributed by atoms with Crippen molar-refractivity contribution < 1.29 is 5.11 Å². The van der Waals surface area contributed by atoms with Crippen LogP contribution in [0.3, 0.4) is 0 Å². The number of aromatic nitrogens is 3. The number of hydrogen-bond donors (Lipinski definition) is 1. The highest BCUT2D eigenvalue weighted by Gasteiger charge is 2.12. The number of nitrogens with zero attached hydrogens (tertiary/aromatic N) is 3. The highest BCUT2D eigenvalue weighted by Crippen LogP contribution is 2.18. The monoisotopic (exact) mass is 237 g/mol. The van der Waals surface area contributed by atoms with Crippen molar-refractivity contribution >= 4 is 11.3 Å². The summed E-state index contributed by atoms with van der Waals surface area (Å²) in [7, 11) is 0. The van der Waals surface area contributed by atoms with Crippen LogP contribution in [0.2, 0.25) is 0 Å². The molecule has 2 rings (SSSR count). The van der Waals surface area contributed by atoms with Gasteiger partial charge in [-0.1, -0.05) is 0 Å². The molecular formula is C11H15N3OS. The van der Waals surface area contributed by atoms with E-state index in [-0.39, 0.29) is 0 Å². The predicted molar refractivity (Wildman–Crippen MR) is 63.4 cm³/mol. The first-order valence-electron chi connectivity index (χ1n) is 5.30. The van der Waals surface area contributed by atoms with Gasteiger partial charge in [0.2, 0.25) is 0 Å². The topological polar surface area (TPSA) is 50.9 Å². The molecular weight excluding hydrogens is 222 g/mol. The first-order chi connectivity index (χ1) is 7.69. The van der Waals surface area contributed by atoms with Gasteiger partial charge >= 0.3 is 0 Å². The molecule has 4 nitrogen and oxygen atoms in total. The molecule has 0 aliphatic rings. The lowest BCUT2D eigenvalue weighted by Crippen LogP contribution is -2.01. The summed E-state index contributed by atoms with van der Waals surface area (Å²) in [5, 5.41) is 17.2. The Bertz CT molecular complexity index is 463. The molecule has 0 amide bonds. The summed E-state index contributed by atoms with van der Waals surface area (Å²) in [5.74, 6) is 0. The summed E-state index contributed by atoms with van der Waals surface area (Å²) in [6.45, 7) is 4.81. The third-order valence-corrected chi connectivity index (χ3v) is 3.25. The average Bonchev–Trinajstić information content (AvgIpc) is 2.87. The second-order valence-electron chi connectivity index (χ2n) is 3.71. The van der Waals surface area contributed by atoms with E-state index in [0.717, 1.165) is 22.8 Å². The Morgan fingerprint density at radius 3 is 2.94 bits per heavy atom. The molecule has 2 aromatic heterocycles. The number of aliphatic hydroxyl groups is 1. The van der Waals surface area contributed by atoms with E-state index >= 15 is 0 Å². The summed E-state index contributed by atoms with van der Waals surface area (Å²) in [6, 6.07) is 0. The Morgan fingerprint density at radius 2 is 2.38 bits per heavy atom. The molecule has 1 unspecified atom stereocenters. The third-order valence-electron chi connectivity index (χ3n) is 2.43. The van der Waals surface area contributed by atoms with Gasteiger partial charge < -0.3 is 5.11 Å². The fourth-order valence-corrected chi connectivity index (χ4v) is 2.17. The molecule has 0 aliphatic carbocycles. The van der Waals surface area contributed by atoms with Crippen LogP contribution in [-0.2, 0) is 13.0 Å². The van der Waals surface area contributed by atoms with Gasteiger partial charge in [0.15, 0.2) is 0 Å². The summed E-state index contributed by atoms with van der Waals surface area (Å²) < 4.78 is 1.81. The number of aryl methyl sites for hydroxylation is 2. The fourth-order valence-electron chi connectivity index (χ4n) is 1.54. The molecule has 0 aromatic carbocycles. The first-order valence-corrected chi connectivity index (χ1v) is 6.18. The maximum atomic E-state index is 10.0. The van der Waals surface area contributed by atoms with Crippen LogP contribution < -0.4 is 0 Å². The van der Waals surface area contributed by atoms with Gasteiger partial charge in [0, 0.05) is 30.1 Å². The molecule has 5 heteroatoms. The first kappa shape index (κ1) is 11.3. The Morgan fingerprint density at radius 1 is 1.56 bits per heavy atom. The minimum Gasteiger partial charge on any atom is -0.388 e. The predicted octanol–water partition coefficient (Wildman–Crippen LogP) is 1.94. The van der Waals surface area contributed by atoms with E-state index in [4.69, 9.17) is 0 Å². The largest absolute Gasteiger partial charge is 0.388 e. The zero-order valence-corrected chi connectivity index (χ0v) is 10.2. The van der Waals surface area contributed by atoms with Crippen molar-refractivity contribution in [1.82, 2.24) is 14.8 Å². The molecule has 0 spiro atoms. The molecule has 0 radical (unpaired) electrons. The standard InChI is InChI=1S/C11H15N3OS/c1-3-14-6-9(5-12-14)11(15)4-10-7-16-8(2)13-10/h5-7,11,15H,3-4H2,1-2H3. The van der Waals surface area contributed by atoms with E-state index in [2.05, 4.69) is 10.1 Å². The molecule has 0 saturated heterocycles. The van der Waals surface area contributed by atoms with Crippen LogP contribution in [0.15, 0.2) is 17.8 Å². The second kappa shape index (κ2) is 4.76. The normalized spacial score (nSPS) is 12.9. The second-order valence-corrected chi connectivity index (χ2v) is 4.77. The molecule has 2 aromatic rings. The van der Waals surface area contributed by atoms with Gasteiger partial charge in [0.25, 0.3) is 0 Å².